The number of nitrogens with two attached hydrogens (primary N) is 1. The quantitative estimate of drug-likeness (QED) is 0.410. The molecule has 1 aliphatic heterocycles. The molecule has 1 saturated carbocycles. The SMILES string of the molecule is C=C(/N=C(/N)c1cc(OC)c(C)cc1C)N1CCC(Cc2ccccc2)(C(=O)NC2CCCC2)CC1. The van der Waals surface area contributed by atoms with Crippen LogP contribution < -0.4 is 15.8 Å². The molecule has 1 heterocycles. The third-order valence-electron chi connectivity index (χ3n) is 7.91. The van der Waals surface area contributed by atoms with Gasteiger partial charge in [-0.15, -0.1) is 0 Å². The Balaban J connectivity index is 1.48. The molecule has 2 fully saturated rings. The summed E-state index contributed by atoms with van der Waals surface area (Å²) in [6.07, 6.45) is 6.85. The maximum absolute atomic E-state index is 13.6. The van der Waals surface area contributed by atoms with Gasteiger partial charge in [-0.3, -0.25) is 4.79 Å². The lowest BCUT2D eigenvalue weighted by Crippen LogP contribution is -2.51. The van der Waals surface area contributed by atoms with Gasteiger partial charge in [0.1, 0.15) is 17.4 Å². The molecular weight excluding hydrogens is 448 g/mol. The number of methoxy groups -OCH3 is 1. The molecule has 2 aromatic carbocycles. The van der Waals surface area contributed by atoms with Crippen LogP contribution in [0.1, 0.15) is 60.8 Å². The van der Waals surface area contributed by atoms with Crippen molar-refractivity contribution in [3.05, 3.63) is 77.1 Å². The first-order valence-corrected chi connectivity index (χ1v) is 13.1. The molecule has 1 amide bonds. The summed E-state index contributed by atoms with van der Waals surface area (Å²) in [5, 5.41) is 3.39. The van der Waals surface area contributed by atoms with Crippen molar-refractivity contribution in [2.24, 2.45) is 16.1 Å². The third kappa shape index (κ3) is 5.75. The Morgan fingerprint density at radius 1 is 1.14 bits per heavy atom. The third-order valence-corrected chi connectivity index (χ3v) is 7.91. The maximum atomic E-state index is 13.6. The molecule has 0 bridgehead atoms. The van der Waals surface area contributed by atoms with Crippen molar-refractivity contribution in [1.29, 1.82) is 0 Å². The minimum Gasteiger partial charge on any atom is -0.496 e. The summed E-state index contributed by atoms with van der Waals surface area (Å²) in [6, 6.07) is 14.7. The Labute approximate surface area is 215 Å². The van der Waals surface area contributed by atoms with Gasteiger partial charge in [-0.25, -0.2) is 4.99 Å². The number of nitrogens with zero attached hydrogens (tertiary/aromatic N) is 2. The van der Waals surface area contributed by atoms with Crippen LogP contribution in [-0.4, -0.2) is 42.9 Å². The largest absolute Gasteiger partial charge is 0.496 e. The summed E-state index contributed by atoms with van der Waals surface area (Å²) in [7, 11) is 1.66. The number of piperidine rings is 1. The Bertz CT molecular complexity index is 1110. The summed E-state index contributed by atoms with van der Waals surface area (Å²) in [5.41, 5.74) is 10.2. The first-order chi connectivity index (χ1) is 17.3. The highest BCUT2D eigenvalue weighted by atomic mass is 16.5. The van der Waals surface area contributed by atoms with Gasteiger partial charge in [-0.1, -0.05) is 55.8 Å². The lowest BCUT2D eigenvalue weighted by Gasteiger charge is -2.42. The van der Waals surface area contributed by atoms with Crippen molar-refractivity contribution < 1.29 is 9.53 Å². The van der Waals surface area contributed by atoms with Crippen LogP contribution in [0.15, 0.2) is 59.9 Å². The van der Waals surface area contributed by atoms with Crippen LogP contribution in [0.25, 0.3) is 0 Å². The van der Waals surface area contributed by atoms with Crippen LogP contribution in [0.5, 0.6) is 5.75 Å². The van der Waals surface area contributed by atoms with Crippen LogP contribution >= 0.6 is 0 Å². The first kappa shape index (κ1) is 25.8. The van der Waals surface area contributed by atoms with Gasteiger partial charge in [0.2, 0.25) is 5.91 Å². The number of hydrogen-bond donors (Lipinski definition) is 2. The van der Waals surface area contributed by atoms with Crippen molar-refractivity contribution in [1.82, 2.24) is 10.2 Å². The molecule has 0 unspecified atom stereocenters. The number of benzene rings is 2. The van der Waals surface area contributed by atoms with Crippen molar-refractivity contribution in [2.75, 3.05) is 20.2 Å². The van der Waals surface area contributed by atoms with Crippen LogP contribution in [-0.2, 0) is 11.2 Å². The second kappa shape index (κ2) is 11.2. The number of nitrogens with one attached hydrogen (secondary N) is 1. The minimum atomic E-state index is -0.420. The van der Waals surface area contributed by atoms with Gasteiger partial charge in [0.15, 0.2) is 0 Å². The Hall–Kier alpha value is -3.28. The molecule has 36 heavy (non-hydrogen) atoms. The highest BCUT2D eigenvalue weighted by Crippen LogP contribution is 2.37. The summed E-state index contributed by atoms with van der Waals surface area (Å²) < 4.78 is 5.47. The van der Waals surface area contributed by atoms with E-state index >= 15 is 0 Å². The predicted molar refractivity (Wildman–Crippen MR) is 146 cm³/mol. The van der Waals surface area contributed by atoms with Gasteiger partial charge >= 0.3 is 0 Å². The molecule has 0 radical (unpaired) electrons. The van der Waals surface area contributed by atoms with Gasteiger partial charge < -0.3 is 20.7 Å². The number of rotatable bonds is 8. The van der Waals surface area contributed by atoms with E-state index in [9.17, 15) is 4.79 Å². The van der Waals surface area contributed by atoms with Crippen molar-refractivity contribution in [3.8, 4) is 5.75 Å². The molecule has 6 nitrogen and oxygen atoms in total. The van der Waals surface area contributed by atoms with E-state index in [-0.39, 0.29) is 5.91 Å². The van der Waals surface area contributed by atoms with E-state index in [4.69, 9.17) is 10.5 Å². The van der Waals surface area contributed by atoms with E-state index < -0.39 is 5.41 Å². The number of carbonyl (C=O) groups excluding carboxylic acids is 1. The number of aliphatic imine (C=N–C) groups is 1. The average molecular weight is 489 g/mol. The van der Waals surface area contributed by atoms with Crippen LogP contribution in [0.4, 0.5) is 0 Å². The molecule has 6 heteroatoms. The molecule has 0 atom stereocenters. The topological polar surface area (TPSA) is 80.0 Å². The molecular formula is C30H40N4O2. The number of amidine groups is 1. The smallest absolute Gasteiger partial charge is 0.226 e. The second-order valence-corrected chi connectivity index (χ2v) is 10.4. The molecule has 4 rings (SSSR count). The minimum absolute atomic E-state index is 0.203. The first-order valence-electron chi connectivity index (χ1n) is 13.1. The zero-order valence-corrected chi connectivity index (χ0v) is 22.0. The van der Waals surface area contributed by atoms with Gasteiger partial charge in [0, 0.05) is 24.7 Å². The highest BCUT2D eigenvalue weighted by Gasteiger charge is 2.42. The standard InChI is InChI=1S/C30H40N4O2/c1-21-18-22(2)27(36-4)19-26(21)28(31)32-23(3)34-16-14-30(15-17-34,20-24-10-6-5-7-11-24)29(35)33-25-12-8-9-13-25/h5-7,10-11,18-19,25H,3,8-9,12-17,20H2,1-2,4H3,(H2,31,32)(H,33,35). The highest BCUT2D eigenvalue weighted by molar-refractivity contribution is 5.99. The van der Waals surface area contributed by atoms with E-state index in [0.717, 1.165) is 67.6 Å². The molecule has 3 N–H and O–H groups in total. The molecule has 2 aromatic rings. The number of carbonyl (C=O) groups is 1. The van der Waals surface area contributed by atoms with E-state index in [1.165, 1.54) is 18.4 Å². The Morgan fingerprint density at radius 2 is 1.81 bits per heavy atom. The second-order valence-electron chi connectivity index (χ2n) is 10.4. The zero-order chi connectivity index (χ0) is 25.7. The monoisotopic (exact) mass is 488 g/mol. The summed E-state index contributed by atoms with van der Waals surface area (Å²) in [6.45, 7) is 9.69. The summed E-state index contributed by atoms with van der Waals surface area (Å²) >= 11 is 0. The van der Waals surface area contributed by atoms with Crippen molar-refractivity contribution in [3.63, 3.8) is 0 Å². The van der Waals surface area contributed by atoms with E-state index in [2.05, 4.69) is 52.1 Å². The molecule has 192 valence electrons. The van der Waals surface area contributed by atoms with Crippen LogP contribution in [0.2, 0.25) is 0 Å². The predicted octanol–water partition coefficient (Wildman–Crippen LogP) is 4.87. The van der Waals surface area contributed by atoms with Gasteiger partial charge in [0.25, 0.3) is 0 Å². The zero-order valence-electron chi connectivity index (χ0n) is 22.0. The van der Waals surface area contributed by atoms with Crippen molar-refractivity contribution >= 4 is 11.7 Å². The van der Waals surface area contributed by atoms with E-state index in [1.54, 1.807) is 7.11 Å². The summed E-state index contributed by atoms with van der Waals surface area (Å²) in [5.74, 6) is 2.05. The van der Waals surface area contributed by atoms with Gasteiger partial charge in [-0.05, 0) is 68.7 Å². The van der Waals surface area contributed by atoms with Crippen molar-refractivity contribution in [2.45, 2.75) is 64.8 Å². The normalized spacial score (nSPS) is 18.2. The van der Waals surface area contributed by atoms with E-state index in [1.807, 2.05) is 26.0 Å². The molecule has 1 aliphatic carbocycles. The Morgan fingerprint density at radius 3 is 2.44 bits per heavy atom. The Kier molecular flexibility index (Phi) is 8.02. The number of amides is 1. The van der Waals surface area contributed by atoms with Crippen LogP contribution in [0.3, 0.4) is 0 Å². The fraction of sp³-hybridized carbons (Fsp3) is 0.467. The fourth-order valence-electron chi connectivity index (χ4n) is 5.67. The molecule has 0 aromatic heterocycles. The van der Waals surface area contributed by atoms with E-state index in [0.29, 0.717) is 17.7 Å². The molecule has 2 aliphatic rings. The number of likely N-dealkylation sites (tertiary alicyclic amines) is 1. The van der Waals surface area contributed by atoms with Gasteiger partial charge in [-0.2, -0.15) is 0 Å². The average Bonchev–Trinajstić information content (AvgIpc) is 3.38. The fourth-order valence-corrected chi connectivity index (χ4v) is 5.67. The number of aryl methyl sites for hydroxylation is 2. The lowest BCUT2D eigenvalue weighted by atomic mass is 9.72. The summed E-state index contributed by atoms with van der Waals surface area (Å²) in [4.78, 5) is 20.5. The van der Waals surface area contributed by atoms with Crippen LogP contribution in [0, 0.1) is 19.3 Å². The number of ether oxygens (including phenoxy) is 1. The lowest BCUT2D eigenvalue weighted by molar-refractivity contribution is -0.134. The maximum Gasteiger partial charge on any atom is 0.226 e. The van der Waals surface area contributed by atoms with Gasteiger partial charge in [0.05, 0.1) is 12.5 Å². The molecule has 0 spiro atoms. The molecule has 1 saturated heterocycles. The number of hydrogen-bond acceptors (Lipinski definition) is 4.